The lowest BCUT2D eigenvalue weighted by Gasteiger charge is -2.14. The summed E-state index contributed by atoms with van der Waals surface area (Å²) in [6.45, 7) is 4.60. The van der Waals surface area contributed by atoms with Crippen LogP contribution >= 0.6 is 11.3 Å². The summed E-state index contributed by atoms with van der Waals surface area (Å²) < 4.78 is 5.47. The van der Waals surface area contributed by atoms with Crippen molar-refractivity contribution in [3.8, 4) is 0 Å². The first-order valence-corrected chi connectivity index (χ1v) is 6.69. The number of hydrogen-bond acceptors (Lipinski definition) is 5. The number of aryl methyl sites for hydroxylation is 2. The molecule has 1 atom stereocenters. The molecule has 0 bridgehead atoms. The van der Waals surface area contributed by atoms with Crippen LogP contribution in [0, 0.1) is 13.8 Å². The van der Waals surface area contributed by atoms with Crippen LogP contribution in [0.2, 0.25) is 0 Å². The molecule has 0 amide bonds. The summed E-state index contributed by atoms with van der Waals surface area (Å²) >= 11 is 1.69. The van der Waals surface area contributed by atoms with Gasteiger partial charge in [-0.2, -0.15) is 0 Å². The molecule has 0 spiro atoms. The number of rotatable bonds is 5. The molecular weight excluding hydrogens is 246 g/mol. The zero-order valence-corrected chi connectivity index (χ0v) is 11.6. The van der Waals surface area contributed by atoms with Crippen molar-refractivity contribution >= 4 is 17.3 Å². The standard InChI is InChI=1S/C13H17N3OS/c1-9-7-10(2)16-13(15-9)14-8-11(17-3)12-5-4-6-18-12/h4-7,11H,8H2,1-3H3,(H,14,15,16)/t11-/m0/s1. The predicted molar refractivity (Wildman–Crippen MR) is 74.1 cm³/mol. The van der Waals surface area contributed by atoms with E-state index in [0.29, 0.717) is 12.5 Å². The molecule has 2 heterocycles. The van der Waals surface area contributed by atoms with Crippen LogP contribution in [0.5, 0.6) is 0 Å². The molecule has 0 aliphatic rings. The van der Waals surface area contributed by atoms with Crippen LogP contribution in [0.3, 0.4) is 0 Å². The maximum Gasteiger partial charge on any atom is 0.223 e. The van der Waals surface area contributed by atoms with Crippen LogP contribution in [-0.2, 0) is 4.74 Å². The van der Waals surface area contributed by atoms with E-state index in [-0.39, 0.29) is 6.10 Å². The Morgan fingerprint density at radius 2 is 2.06 bits per heavy atom. The van der Waals surface area contributed by atoms with E-state index in [1.165, 1.54) is 4.88 Å². The lowest BCUT2D eigenvalue weighted by Crippen LogP contribution is -2.15. The zero-order chi connectivity index (χ0) is 13.0. The molecule has 96 valence electrons. The fourth-order valence-electron chi connectivity index (χ4n) is 1.76. The molecule has 0 fully saturated rings. The summed E-state index contributed by atoms with van der Waals surface area (Å²) in [6, 6.07) is 6.06. The quantitative estimate of drug-likeness (QED) is 0.901. The second-order valence-corrected chi connectivity index (χ2v) is 5.07. The minimum absolute atomic E-state index is 0.0365. The Labute approximate surface area is 111 Å². The highest BCUT2D eigenvalue weighted by Gasteiger charge is 2.11. The smallest absolute Gasteiger partial charge is 0.223 e. The van der Waals surface area contributed by atoms with Gasteiger partial charge in [0.1, 0.15) is 6.10 Å². The van der Waals surface area contributed by atoms with Crippen molar-refractivity contribution in [1.82, 2.24) is 9.97 Å². The van der Waals surface area contributed by atoms with Crippen LogP contribution in [0.15, 0.2) is 23.6 Å². The maximum atomic E-state index is 5.47. The van der Waals surface area contributed by atoms with Crippen LogP contribution in [0.1, 0.15) is 22.4 Å². The number of anilines is 1. The fraction of sp³-hybridized carbons (Fsp3) is 0.385. The van der Waals surface area contributed by atoms with Crippen LogP contribution in [0.25, 0.3) is 0 Å². The number of nitrogens with one attached hydrogen (secondary N) is 1. The molecule has 0 aliphatic heterocycles. The Morgan fingerprint density at radius 1 is 1.33 bits per heavy atom. The highest BCUT2D eigenvalue weighted by atomic mass is 32.1. The molecular formula is C13H17N3OS. The van der Waals surface area contributed by atoms with Gasteiger partial charge in [-0.3, -0.25) is 0 Å². The topological polar surface area (TPSA) is 47.0 Å². The SMILES string of the molecule is CO[C@@H](CNc1nc(C)cc(C)n1)c1cccs1. The second-order valence-electron chi connectivity index (χ2n) is 4.09. The van der Waals surface area contributed by atoms with Crippen LogP contribution in [-0.4, -0.2) is 23.6 Å². The molecule has 0 unspecified atom stereocenters. The van der Waals surface area contributed by atoms with Crippen molar-refractivity contribution in [3.63, 3.8) is 0 Å². The minimum atomic E-state index is 0.0365. The Bertz CT molecular complexity index is 479. The Hall–Kier alpha value is -1.46. The van der Waals surface area contributed by atoms with E-state index in [4.69, 9.17) is 4.74 Å². The maximum absolute atomic E-state index is 5.47. The lowest BCUT2D eigenvalue weighted by molar-refractivity contribution is 0.117. The van der Waals surface area contributed by atoms with E-state index in [1.54, 1.807) is 18.4 Å². The molecule has 4 nitrogen and oxygen atoms in total. The molecule has 5 heteroatoms. The van der Waals surface area contributed by atoms with Gasteiger partial charge in [0.2, 0.25) is 5.95 Å². The summed E-state index contributed by atoms with van der Waals surface area (Å²) in [4.78, 5) is 9.90. The Kier molecular flexibility index (Phi) is 4.28. The molecule has 2 aromatic heterocycles. The number of nitrogens with zero attached hydrogens (tertiary/aromatic N) is 2. The van der Waals surface area contributed by atoms with Crippen molar-refractivity contribution < 1.29 is 4.74 Å². The van der Waals surface area contributed by atoms with Gasteiger partial charge in [-0.15, -0.1) is 11.3 Å². The number of thiophene rings is 1. The summed E-state index contributed by atoms with van der Waals surface area (Å²) in [5, 5.41) is 5.28. The van der Waals surface area contributed by atoms with Gasteiger partial charge in [-0.05, 0) is 31.4 Å². The molecule has 18 heavy (non-hydrogen) atoms. The van der Waals surface area contributed by atoms with Gasteiger partial charge >= 0.3 is 0 Å². The number of ether oxygens (including phenoxy) is 1. The third-order valence-electron chi connectivity index (χ3n) is 2.57. The first-order valence-electron chi connectivity index (χ1n) is 5.81. The minimum Gasteiger partial charge on any atom is -0.374 e. The van der Waals surface area contributed by atoms with Crippen molar-refractivity contribution in [3.05, 3.63) is 39.8 Å². The first kappa shape index (κ1) is 13.0. The molecule has 2 rings (SSSR count). The third kappa shape index (κ3) is 3.27. The van der Waals surface area contributed by atoms with E-state index in [9.17, 15) is 0 Å². The van der Waals surface area contributed by atoms with Crippen LogP contribution in [0.4, 0.5) is 5.95 Å². The lowest BCUT2D eigenvalue weighted by atomic mass is 10.3. The molecule has 0 saturated carbocycles. The van der Waals surface area contributed by atoms with E-state index in [0.717, 1.165) is 11.4 Å². The third-order valence-corrected chi connectivity index (χ3v) is 3.54. The van der Waals surface area contributed by atoms with Crippen molar-refractivity contribution in [2.45, 2.75) is 20.0 Å². The van der Waals surface area contributed by atoms with Gasteiger partial charge in [0, 0.05) is 29.9 Å². The summed E-state index contributed by atoms with van der Waals surface area (Å²) in [5.41, 5.74) is 1.94. The van der Waals surface area contributed by atoms with Gasteiger partial charge in [-0.1, -0.05) is 6.07 Å². The Morgan fingerprint density at radius 3 is 2.61 bits per heavy atom. The number of aromatic nitrogens is 2. The van der Waals surface area contributed by atoms with Gasteiger partial charge in [0.15, 0.2) is 0 Å². The monoisotopic (exact) mass is 263 g/mol. The molecule has 0 radical (unpaired) electrons. The zero-order valence-electron chi connectivity index (χ0n) is 10.8. The number of hydrogen-bond donors (Lipinski definition) is 1. The van der Waals surface area contributed by atoms with Crippen molar-refractivity contribution in [1.29, 1.82) is 0 Å². The van der Waals surface area contributed by atoms with E-state index >= 15 is 0 Å². The molecule has 1 N–H and O–H groups in total. The summed E-state index contributed by atoms with van der Waals surface area (Å²) in [5.74, 6) is 0.658. The van der Waals surface area contributed by atoms with E-state index in [1.807, 2.05) is 26.0 Å². The predicted octanol–water partition coefficient (Wildman–Crippen LogP) is 2.95. The highest BCUT2D eigenvalue weighted by molar-refractivity contribution is 7.10. The molecule has 0 saturated heterocycles. The van der Waals surface area contributed by atoms with Crippen molar-refractivity contribution in [2.24, 2.45) is 0 Å². The van der Waals surface area contributed by atoms with Crippen LogP contribution < -0.4 is 5.32 Å². The Balaban J connectivity index is 2.01. The fourth-order valence-corrected chi connectivity index (χ4v) is 2.57. The molecule has 0 aromatic carbocycles. The average Bonchev–Trinajstić information content (AvgIpc) is 2.82. The summed E-state index contributed by atoms with van der Waals surface area (Å²) in [6.07, 6.45) is 0.0365. The molecule has 0 aliphatic carbocycles. The summed E-state index contributed by atoms with van der Waals surface area (Å²) in [7, 11) is 1.72. The second kappa shape index (κ2) is 5.93. The van der Waals surface area contributed by atoms with Gasteiger partial charge in [0.05, 0.1) is 0 Å². The highest BCUT2D eigenvalue weighted by Crippen LogP contribution is 2.21. The number of methoxy groups -OCH3 is 1. The van der Waals surface area contributed by atoms with Gasteiger partial charge in [-0.25, -0.2) is 9.97 Å². The molecule has 2 aromatic rings. The first-order chi connectivity index (χ1) is 8.69. The normalized spacial score (nSPS) is 12.4. The van der Waals surface area contributed by atoms with E-state index < -0.39 is 0 Å². The van der Waals surface area contributed by atoms with Crippen molar-refractivity contribution in [2.75, 3.05) is 19.0 Å². The average molecular weight is 263 g/mol. The van der Waals surface area contributed by atoms with Gasteiger partial charge in [0.25, 0.3) is 0 Å². The van der Waals surface area contributed by atoms with E-state index in [2.05, 4.69) is 26.7 Å². The van der Waals surface area contributed by atoms with Gasteiger partial charge < -0.3 is 10.1 Å². The largest absolute Gasteiger partial charge is 0.374 e.